The van der Waals surface area contributed by atoms with Crippen LogP contribution in [0.2, 0.25) is 0 Å². The lowest BCUT2D eigenvalue weighted by molar-refractivity contribution is -0.137. The van der Waals surface area contributed by atoms with Gasteiger partial charge in [-0.3, -0.25) is 9.69 Å². The van der Waals surface area contributed by atoms with Crippen molar-refractivity contribution >= 4 is 12.0 Å². The molecule has 2 aliphatic heterocycles. The molecule has 0 aliphatic carbocycles. The lowest BCUT2D eigenvalue weighted by Gasteiger charge is -2.33. The van der Waals surface area contributed by atoms with Crippen LogP contribution in [0.5, 0.6) is 11.5 Å². The van der Waals surface area contributed by atoms with E-state index < -0.39 is 11.7 Å². The number of rotatable bonds is 5. The van der Waals surface area contributed by atoms with Crippen LogP contribution in [-0.4, -0.2) is 58.8 Å². The van der Waals surface area contributed by atoms with Gasteiger partial charge in [0.2, 0.25) is 24.4 Å². The van der Waals surface area contributed by atoms with E-state index >= 15 is 0 Å². The summed E-state index contributed by atoms with van der Waals surface area (Å²) in [4.78, 5) is 20.6. The molecule has 1 amide bonds. The first kappa shape index (κ1) is 22.9. The Hall–Kier alpha value is -3.86. The van der Waals surface area contributed by atoms with Gasteiger partial charge in [0.15, 0.2) is 11.5 Å². The predicted octanol–water partition coefficient (Wildman–Crippen LogP) is 3.84. The number of ether oxygens (including phenoxy) is 2. The summed E-state index contributed by atoms with van der Waals surface area (Å²) in [5, 5.41) is 3.82. The van der Waals surface area contributed by atoms with E-state index in [1.54, 1.807) is 17.0 Å². The summed E-state index contributed by atoms with van der Waals surface area (Å²) in [6, 6.07) is 10.3. The molecule has 182 valence electrons. The topological polar surface area (TPSA) is 80.9 Å². The molecule has 35 heavy (non-hydrogen) atoms. The smallest absolute Gasteiger partial charge is 0.416 e. The second kappa shape index (κ2) is 9.41. The van der Waals surface area contributed by atoms with Crippen LogP contribution in [0.3, 0.4) is 0 Å². The number of fused-ring (bicyclic) bond motifs is 1. The first-order valence-corrected chi connectivity index (χ1v) is 10.9. The molecule has 2 aliphatic rings. The molecule has 2 aromatic carbocycles. The van der Waals surface area contributed by atoms with E-state index in [1.165, 1.54) is 18.2 Å². The van der Waals surface area contributed by atoms with E-state index in [2.05, 4.69) is 15.0 Å². The van der Waals surface area contributed by atoms with Gasteiger partial charge in [-0.25, -0.2) is 0 Å². The molecule has 0 N–H and O–H groups in total. The summed E-state index contributed by atoms with van der Waals surface area (Å²) in [6.07, 6.45) is -1.17. The number of alkyl halides is 3. The molecular formula is C24H21F3N4O4. The number of hydrogen-bond acceptors (Lipinski definition) is 7. The van der Waals surface area contributed by atoms with E-state index in [4.69, 9.17) is 14.0 Å². The Bertz CT molecular complexity index is 1250. The molecule has 0 spiro atoms. The summed E-state index contributed by atoms with van der Waals surface area (Å²) in [6.45, 7) is 2.80. The number of carbonyl (C=O) groups is 1. The van der Waals surface area contributed by atoms with Crippen molar-refractivity contribution in [3.8, 4) is 22.9 Å². The summed E-state index contributed by atoms with van der Waals surface area (Å²) in [7, 11) is 0. The van der Waals surface area contributed by atoms with Gasteiger partial charge in [0.05, 0.1) is 12.1 Å². The van der Waals surface area contributed by atoms with Crippen LogP contribution in [-0.2, 0) is 17.5 Å². The second-order valence-corrected chi connectivity index (χ2v) is 8.14. The van der Waals surface area contributed by atoms with Crippen molar-refractivity contribution < 1.29 is 32.0 Å². The van der Waals surface area contributed by atoms with Crippen LogP contribution in [0.1, 0.15) is 17.0 Å². The fourth-order valence-corrected chi connectivity index (χ4v) is 3.88. The summed E-state index contributed by atoms with van der Waals surface area (Å²) < 4.78 is 54.7. The molecule has 0 atom stereocenters. The van der Waals surface area contributed by atoms with Gasteiger partial charge in [0.1, 0.15) is 0 Å². The van der Waals surface area contributed by atoms with Gasteiger partial charge in [-0.1, -0.05) is 23.4 Å². The Labute approximate surface area is 198 Å². The Morgan fingerprint density at radius 1 is 1.03 bits per heavy atom. The van der Waals surface area contributed by atoms with E-state index in [0.717, 1.165) is 17.7 Å². The Morgan fingerprint density at radius 3 is 2.63 bits per heavy atom. The third-order valence-electron chi connectivity index (χ3n) is 5.77. The van der Waals surface area contributed by atoms with Crippen molar-refractivity contribution in [1.29, 1.82) is 0 Å². The highest BCUT2D eigenvalue weighted by atomic mass is 19.4. The molecule has 3 heterocycles. The zero-order chi connectivity index (χ0) is 24.4. The molecule has 0 saturated carbocycles. The number of piperazine rings is 1. The monoisotopic (exact) mass is 486 g/mol. The second-order valence-electron chi connectivity index (χ2n) is 8.14. The SMILES string of the molecule is O=C(/C=C/c1ccc2c(c1)OCO2)N1CCN(Cc2nc(-c3cccc(C(F)(F)F)c3)no2)CC1. The minimum atomic E-state index is -4.45. The molecule has 3 aromatic rings. The Kier molecular flexibility index (Phi) is 6.16. The van der Waals surface area contributed by atoms with Crippen LogP contribution in [0.15, 0.2) is 53.1 Å². The lowest BCUT2D eigenvalue weighted by Crippen LogP contribution is -2.47. The molecule has 0 bridgehead atoms. The van der Waals surface area contributed by atoms with Crippen LogP contribution in [0.4, 0.5) is 13.2 Å². The fraction of sp³-hybridized carbons (Fsp3) is 0.292. The normalized spacial score (nSPS) is 16.3. The number of nitrogens with zero attached hydrogens (tertiary/aromatic N) is 4. The third-order valence-corrected chi connectivity index (χ3v) is 5.77. The van der Waals surface area contributed by atoms with Crippen molar-refractivity contribution in [3.05, 3.63) is 65.6 Å². The number of carbonyl (C=O) groups excluding carboxylic acids is 1. The molecule has 8 nitrogen and oxygen atoms in total. The van der Waals surface area contributed by atoms with Crippen LogP contribution < -0.4 is 9.47 Å². The molecule has 1 fully saturated rings. The van der Waals surface area contributed by atoms with Gasteiger partial charge >= 0.3 is 6.18 Å². The van der Waals surface area contributed by atoms with Crippen molar-refractivity contribution in [3.63, 3.8) is 0 Å². The number of aromatic nitrogens is 2. The van der Waals surface area contributed by atoms with Gasteiger partial charge in [-0.2, -0.15) is 18.2 Å². The zero-order valence-electron chi connectivity index (χ0n) is 18.5. The molecule has 0 unspecified atom stereocenters. The summed E-state index contributed by atoms with van der Waals surface area (Å²) in [5.74, 6) is 1.67. The van der Waals surface area contributed by atoms with Gasteiger partial charge in [-0.15, -0.1) is 0 Å². The van der Waals surface area contributed by atoms with Crippen LogP contribution in [0, 0.1) is 0 Å². The number of benzene rings is 2. The maximum absolute atomic E-state index is 13.0. The van der Waals surface area contributed by atoms with E-state index in [-0.39, 0.29) is 24.1 Å². The average molecular weight is 486 g/mol. The molecule has 1 aromatic heterocycles. The van der Waals surface area contributed by atoms with Crippen LogP contribution in [0.25, 0.3) is 17.5 Å². The standard InChI is InChI=1S/C24H21F3N4O4/c25-24(26,27)18-3-1-2-17(13-18)23-28-21(35-29-23)14-30-8-10-31(11-9-30)22(32)7-5-16-4-6-19-20(12-16)34-15-33-19/h1-7,12-13H,8-11,14-15H2/b7-5+. The van der Waals surface area contributed by atoms with Crippen molar-refractivity contribution in [2.24, 2.45) is 0 Å². The number of halogens is 3. The lowest BCUT2D eigenvalue weighted by atomic mass is 10.1. The fourth-order valence-electron chi connectivity index (χ4n) is 3.88. The van der Waals surface area contributed by atoms with Gasteiger partial charge in [0.25, 0.3) is 0 Å². The van der Waals surface area contributed by atoms with Crippen molar-refractivity contribution in [2.45, 2.75) is 12.7 Å². The van der Waals surface area contributed by atoms with E-state index in [0.29, 0.717) is 50.1 Å². The highest BCUT2D eigenvalue weighted by Gasteiger charge is 2.31. The highest BCUT2D eigenvalue weighted by Crippen LogP contribution is 2.33. The Balaban J connectivity index is 1.14. The van der Waals surface area contributed by atoms with Gasteiger partial charge in [-0.05, 0) is 35.9 Å². The number of hydrogen-bond donors (Lipinski definition) is 0. The largest absolute Gasteiger partial charge is 0.454 e. The minimum Gasteiger partial charge on any atom is -0.454 e. The molecule has 1 saturated heterocycles. The zero-order valence-corrected chi connectivity index (χ0v) is 18.5. The summed E-state index contributed by atoms with van der Waals surface area (Å²) in [5.41, 5.74) is 0.309. The maximum Gasteiger partial charge on any atom is 0.416 e. The molecule has 0 radical (unpaired) electrons. The average Bonchev–Trinajstić information content (AvgIpc) is 3.52. The quantitative estimate of drug-likeness (QED) is 0.507. The maximum atomic E-state index is 13.0. The van der Waals surface area contributed by atoms with Crippen LogP contribution >= 0.6 is 0 Å². The Morgan fingerprint density at radius 2 is 1.83 bits per heavy atom. The highest BCUT2D eigenvalue weighted by molar-refractivity contribution is 5.92. The van der Waals surface area contributed by atoms with Gasteiger partial charge < -0.3 is 18.9 Å². The first-order valence-electron chi connectivity index (χ1n) is 10.9. The van der Waals surface area contributed by atoms with Crippen molar-refractivity contribution in [1.82, 2.24) is 19.9 Å². The van der Waals surface area contributed by atoms with Crippen molar-refractivity contribution in [2.75, 3.05) is 33.0 Å². The minimum absolute atomic E-state index is 0.0908. The predicted molar refractivity (Wildman–Crippen MR) is 118 cm³/mol. The van der Waals surface area contributed by atoms with E-state index in [1.807, 2.05) is 12.1 Å². The third kappa shape index (κ3) is 5.29. The molecule has 5 rings (SSSR count). The first-order chi connectivity index (χ1) is 16.8. The molecular weight excluding hydrogens is 465 g/mol. The molecule has 11 heteroatoms. The van der Waals surface area contributed by atoms with E-state index in [9.17, 15) is 18.0 Å². The van der Waals surface area contributed by atoms with Gasteiger partial charge in [0, 0.05) is 37.8 Å². The summed E-state index contributed by atoms with van der Waals surface area (Å²) >= 11 is 0. The number of amides is 1.